The summed E-state index contributed by atoms with van der Waals surface area (Å²) in [4.78, 5) is 53.5. The van der Waals surface area contributed by atoms with Crippen molar-refractivity contribution in [2.45, 2.75) is 31.9 Å². The second-order valence-corrected chi connectivity index (χ2v) is 10.4. The molecule has 11 heteroatoms. The number of H-pyrrole nitrogens is 1. The first kappa shape index (κ1) is 29.6. The molecule has 0 radical (unpaired) electrons. The van der Waals surface area contributed by atoms with Gasteiger partial charge in [-0.25, -0.2) is 9.49 Å². The summed E-state index contributed by atoms with van der Waals surface area (Å²) in [6, 6.07) is 19.8. The highest BCUT2D eigenvalue weighted by Gasteiger charge is 2.27. The van der Waals surface area contributed by atoms with Crippen molar-refractivity contribution in [3.8, 4) is 0 Å². The van der Waals surface area contributed by atoms with E-state index in [0.29, 0.717) is 28.5 Å². The average molecular weight is 586 g/mol. The van der Waals surface area contributed by atoms with E-state index in [1.165, 1.54) is 17.0 Å². The molecule has 1 aromatic heterocycles. The van der Waals surface area contributed by atoms with Gasteiger partial charge in [0.25, 0.3) is 11.5 Å². The minimum atomic E-state index is -0.921. The number of carbonyl (C=O) groups is 3. The number of hydrogen-bond acceptors (Lipinski definition) is 7. The minimum Gasteiger partial charge on any atom is -0.460 e. The Labute approximate surface area is 247 Å². The Bertz CT molecular complexity index is 1680. The van der Waals surface area contributed by atoms with Gasteiger partial charge < -0.3 is 20.3 Å². The molecular weight excluding hydrogens is 553 g/mol. The molecule has 5 rings (SSSR count). The van der Waals surface area contributed by atoms with Gasteiger partial charge in [0.05, 0.1) is 16.6 Å². The quantitative estimate of drug-likeness (QED) is 0.288. The van der Waals surface area contributed by atoms with Gasteiger partial charge in [-0.1, -0.05) is 54.6 Å². The molecule has 1 aliphatic rings. The van der Waals surface area contributed by atoms with Gasteiger partial charge in [0.2, 0.25) is 5.91 Å². The number of benzene rings is 3. The summed E-state index contributed by atoms with van der Waals surface area (Å²) in [5.41, 5.74) is 7.70. The summed E-state index contributed by atoms with van der Waals surface area (Å²) in [7, 11) is 0. The lowest BCUT2D eigenvalue weighted by Gasteiger charge is -2.35. The van der Waals surface area contributed by atoms with Crippen LogP contribution in [0.1, 0.15) is 40.0 Å². The maximum absolute atomic E-state index is 14.8. The third-order valence-electron chi connectivity index (χ3n) is 7.52. The van der Waals surface area contributed by atoms with Crippen LogP contribution in [0.15, 0.2) is 77.6 Å². The molecule has 2 heterocycles. The summed E-state index contributed by atoms with van der Waals surface area (Å²) < 4.78 is 20.0. The van der Waals surface area contributed by atoms with Crippen LogP contribution in [0.3, 0.4) is 0 Å². The summed E-state index contributed by atoms with van der Waals surface area (Å²) in [5, 5.41) is 7.86. The van der Waals surface area contributed by atoms with Crippen LogP contribution in [0.5, 0.6) is 0 Å². The smallest absolute Gasteiger partial charge is 0.323 e. The van der Waals surface area contributed by atoms with E-state index in [1.54, 1.807) is 29.2 Å². The van der Waals surface area contributed by atoms with E-state index in [1.807, 2.05) is 36.4 Å². The molecule has 1 atom stereocenters. The number of aromatic nitrogens is 2. The van der Waals surface area contributed by atoms with Crippen molar-refractivity contribution >= 4 is 28.6 Å². The summed E-state index contributed by atoms with van der Waals surface area (Å²) in [5.74, 6) is -1.85. The summed E-state index contributed by atoms with van der Waals surface area (Å²) in [6.07, 6.45) is 0.505. The number of esters is 1. The number of nitrogens with zero attached hydrogens (tertiary/aromatic N) is 3. The zero-order chi connectivity index (χ0) is 30.3. The summed E-state index contributed by atoms with van der Waals surface area (Å²) >= 11 is 0. The molecule has 10 nitrogen and oxygen atoms in total. The topological polar surface area (TPSA) is 139 Å². The molecular formula is C32H32FN5O5. The van der Waals surface area contributed by atoms with Crippen molar-refractivity contribution in [1.82, 2.24) is 20.0 Å². The third kappa shape index (κ3) is 7.12. The van der Waals surface area contributed by atoms with Crippen LogP contribution in [-0.2, 0) is 27.4 Å². The first-order valence-corrected chi connectivity index (χ1v) is 14.1. The van der Waals surface area contributed by atoms with E-state index >= 15 is 0 Å². The number of ether oxygens (including phenoxy) is 1. The molecule has 4 aromatic rings. The zero-order valence-corrected chi connectivity index (χ0v) is 23.5. The Morgan fingerprint density at radius 2 is 1.58 bits per heavy atom. The Balaban J connectivity index is 1.13. The monoisotopic (exact) mass is 585 g/mol. The molecule has 1 unspecified atom stereocenters. The van der Waals surface area contributed by atoms with Crippen molar-refractivity contribution in [3.63, 3.8) is 0 Å². The SMILES string of the molecule is NC(CCC(=O)N1CCN(C(=O)c2cc(Cc3n[nH]c(=O)c4ccccc34)ccc2F)CC1)C(=O)OCc1ccccc1. The van der Waals surface area contributed by atoms with Gasteiger partial charge in [0.1, 0.15) is 18.5 Å². The van der Waals surface area contributed by atoms with Crippen molar-refractivity contribution in [2.75, 3.05) is 26.2 Å². The van der Waals surface area contributed by atoms with E-state index in [0.717, 1.165) is 5.56 Å². The molecule has 0 saturated carbocycles. The van der Waals surface area contributed by atoms with Gasteiger partial charge in [-0.3, -0.25) is 19.2 Å². The molecule has 43 heavy (non-hydrogen) atoms. The molecule has 3 N–H and O–H groups in total. The number of nitrogens with two attached hydrogens (primary N) is 1. The maximum atomic E-state index is 14.8. The molecule has 1 saturated heterocycles. The van der Waals surface area contributed by atoms with E-state index in [4.69, 9.17) is 10.5 Å². The van der Waals surface area contributed by atoms with Crippen LogP contribution in [0.2, 0.25) is 0 Å². The second-order valence-electron chi connectivity index (χ2n) is 10.4. The lowest BCUT2D eigenvalue weighted by molar-refractivity contribution is -0.146. The first-order valence-electron chi connectivity index (χ1n) is 14.1. The number of fused-ring (bicyclic) bond motifs is 1. The van der Waals surface area contributed by atoms with E-state index in [9.17, 15) is 23.6 Å². The van der Waals surface area contributed by atoms with Crippen LogP contribution in [0.25, 0.3) is 10.8 Å². The van der Waals surface area contributed by atoms with Gasteiger partial charge in [0.15, 0.2) is 0 Å². The number of amides is 2. The largest absolute Gasteiger partial charge is 0.460 e. The van der Waals surface area contributed by atoms with Gasteiger partial charge >= 0.3 is 5.97 Å². The number of hydrogen-bond donors (Lipinski definition) is 2. The third-order valence-corrected chi connectivity index (χ3v) is 7.52. The Kier molecular flexibility index (Phi) is 9.21. The number of nitrogens with one attached hydrogen (secondary N) is 1. The van der Waals surface area contributed by atoms with E-state index in [2.05, 4.69) is 10.2 Å². The van der Waals surface area contributed by atoms with Crippen molar-refractivity contribution in [1.29, 1.82) is 0 Å². The number of rotatable bonds is 9. The lowest BCUT2D eigenvalue weighted by Crippen LogP contribution is -2.51. The molecule has 0 aliphatic carbocycles. The normalized spacial score (nSPS) is 14.0. The van der Waals surface area contributed by atoms with Crippen LogP contribution in [-0.4, -0.2) is 70.0 Å². The van der Waals surface area contributed by atoms with Crippen LogP contribution in [0.4, 0.5) is 4.39 Å². The highest BCUT2D eigenvalue weighted by molar-refractivity contribution is 5.95. The predicted octanol–water partition coefficient (Wildman–Crippen LogP) is 2.79. The minimum absolute atomic E-state index is 0.0639. The highest BCUT2D eigenvalue weighted by Crippen LogP contribution is 2.20. The Hall–Kier alpha value is -4.90. The van der Waals surface area contributed by atoms with Gasteiger partial charge in [-0.15, -0.1) is 0 Å². The fourth-order valence-corrected chi connectivity index (χ4v) is 5.07. The number of carbonyl (C=O) groups excluding carboxylic acids is 3. The molecule has 0 bridgehead atoms. The van der Waals surface area contributed by atoms with Crippen molar-refractivity contribution in [2.24, 2.45) is 5.73 Å². The lowest BCUT2D eigenvalue weighted by atomic mass is 10.0. The highest BCUT2D eigenvalue weighted by atomic mass is 19.1. The molecule has 0 spiro atoms. The predicted molar refractivity (Wildman–Crippen MR) is 158 cm³/mol. The van der Waals surface area contributed by atoms with Crippen molar-refractivity contribution in [3.05, 3.63) is 111 Å². The summed E-state index contributed by atoms with van der Waals surface area (Å²) in [6.45, 7) is 1.17. The zero-order valence-electron chi connectivity index (χ0n) is 23.5. The van der Waals surface area contributed by atoms with E-state index < -0.39 is 23.7 Å². The fraction of sp³-hybridized carbons (Fsp3) is 0.281. The molecule has 1 aliphatic heterocycles. The number of piperazine rings is 1. The average Bonchev–Trinajstić information content (AvgIpc) is 3.04. The fourth-order valence-electron chi connectivity index (χ4n) is 5.07. The molecule has 3 aromatic carbocycles. The van der Waals surface area contributed by atoms with Gasteiger partial charge in [-0.05, 0) is 35.7 Å². The van der Waals surface area contributed by atoms with Gasteiger partial charge in [0, 0.05) is 44.4 Å². The molecule has 2 amide bonds. The Morgan fingerprint density at radius 1 is 0.907 bits per heavy atom. The second kappa shape index (κ2) is 13.4. The maximum Gasteiger partial charge on any atom is 0.323 e. The Morgan fingerprint density at radius 3 is 2.33 bits per heavy atom. The number of aromatic amines is 1. The standard InChI is InChI=1S/C32H32FN5O5/c33-26-11-10-22(19-28-23-8-4-5-9-24(23)30(40)36-35-28)18-25(26)31(41)38-16-14-37(15-17-38)29(39)13-12-27(34)32(42)43-20-21-6-2-1-3-7-21/h1-11,18,27H,12-17,19-20,34H2,(H,36,40). The van der Waals surface area contributed by atoms with Crippen LogP contribution < -0.4 is 11.3 Å². The molecule has 222 valence electrons. The molecule has 1 fully saturated rings. The first-order chi connectivity index (χ1) is 20.8. The number of halogens is 1. The van der Waals surface area contributed by atoms with Crippen molar-refractivity contribution < 1.29 is 23.5 Å². The van der Waals surface area contributed by atoms with E-state index in [-0.39, 0.29) is 62.7 Å². The van der Waals surface area contributed by atoms with Crippen LogP contribution in [0, 0.1) is 5.82 Å². The van der Waals surface area contributed by atoms with Gasteiger partial charge in [-0.2, -0.15) is 5.10 Å². The van der Waals surface area contributed by atoms with Crippen LogP contribution >= 0.6 is 0 Å².